The monoisotopic (exact) mass is 288 g/mol. The van der Waals surface area contributed by atoms with E-state index in [1.807, 2.05) is 6.07 Å². The summed E-state index contributed by atoms with van der Waals surface area (Å²) in [6.45, 7) is 0.730. The van der Waals surface area contributed by atoms with E-state index in [1.165, 1.54) is 31.2 Å². The Bertz CT molecular complexity index is 424. The second-order valence-corrected chi connectivity index (χ2v) is 6.47. The van der Waals surface area contributed by atoms with Gasteiger partial charge in [-0.25, -0.2) is 0 Å². The maximum atomic E-state index is 12.0. The van der Waals surface area contributed by atoms with Crippen molar-refractivity contribution in [2.45, 2.75) is 44.6 Å². The minimum Gasteiger partial charge on any atom is -0.355 e. The van der Waals surface area contributed by atoms with Gasteiger partial charge in [-0.1, -0.05) is 43.2 Å². The molecule has 1 unspecified atom stereocenters. The highest BCUT2D eigenvalue weighted by Crippen LogP contribution is 2.27. The molecule has 0 saturated heterocycles. The second-order valence-electron chi connectivity index (χ2n) is 6.47. The van der Waals surface area contributed by atoms with Crippen LogP contribution in [0.3, 0.4) is 0 Å². The van der Waals surface area contributed by atoms with Crippen LogP contribution in [0.15, 0.2) is 30.3 Å². The van der Waals surface area contributed by atoms with Crippen LogP contribution in [0.1, 0.15) is 37.7 Å². The van der Waals surface area contributed by atoms with Crippen LogP contribution in [-0.2, 0) is 11.2 Å². The van der Waals surface area contributed by atoms with Gasteiger partial charge < -0.3 is 10.2 Å². The zero-order valence-corrected chi connectivity index (χ0v) is 13.3. The molecule has 1 aromatic rings. The number of nitrogens with one attached hydrogen (secondary N) is 1. The molecule has 2 rings (SSSR count). The van der Waals surface area contributed by atoms with Gasteiger partial charge in [0, 0.05) is 19.0 Å². The Morgan fingerprint density at radius 3 is 2.52 bits per heavy atom. The Hall–Kier alpha value is -1.35. The number of hydrogen-bond acceptors (Lipinski definition) is 2. The molecule has 3 nitrogen and oxygen atoms in total. The van der Waals surface area contributed by atoms with Crippen LogP contribution >= 0.6 is 0 Å². The van der Waals surface area contributed by atoms with Crippen molar-refractivity contribution in [3.63, 3.8) is 0 Å². The third-order valence-corrected chi connectivity index (χ3v) is 4.53. The summed E-state index contributed by atoms with van der Waals surface area (Å²) in [4.78, 5) is 14.2. The molecule has 21 heavy (non-hydrogen) atoms. The summed E-state index contributed by atoms with van der Waals surface area (Å²) < 4.78 is 0. The van der Waals surface area contributed by atoms with Crippen LogP contribution in [0.5, 0.6) is 0 Å². The Morgan fingerprint density at radius 2 is 1.90 bits per heavy atom. The highest BCUT2D eigenvalue weighted by molar-refractivity contribution is 5.76. The minimum atomic E-state index is 0.224. The molecule has 1 aliphatic carbocycles. The second kappa shape index (κ2) is 8.18. The summed E-state index contributed by atoms with van der Waals surface area (Å²) in [5.74, 6) is 0.846. The van der Waals surface area contributed by atoms with Crippen LogP contribution in [0.2, 0.25) is 0 Å². The van der Waals surface area contributed by atoms with Crippen LogP contribution in [0, 0.1) is 5.92 Å². The van der Waals surface area contributed by atoms with E-state index in [0.29, 0.717) is 18.4 Å². The van der Waals surface area contributed by atoms with E-state index in [4.69, 9.17) is 0 Å². The lowest BCUT2D eigenvalue weighted by Gasteiger charge is -2.25. The van der Waals surface area contributed by atoms with Crippen LogP contribution in [0.25, 0.3) is 0 Å². The molecule has 1 amide bonds. The van der Waals surface area contributed by atoms with Crippen LogP contribution in [-0.4, -0.2) is 37.5 Å². The van der Waals surface area contributed by atoms with Gasteiger partial charge >= 0.3 is 0 Å². The molecule has 1 aliphatic rings. The summed E-state index contributed by atoms with van der Waals surface area (Å²) in [5, 5.41) is 3.13. The van der Waals surface area contributed by atoms with Gasteiger partial charge in [0.25, 0.3) is 0 Å². The smallest absolute Gasteiger partial charge is 0.220 e. The number of carbonyl (C=O) groups is 1. The van der Waals surface area contributed by atoms with E-state index < -0.39 is 0 Å². The van der Waals surface area contributed by atoms with Gasteiger partial charge in [-0.2, -0.15) is 0 Å². The molecule has 1 fully saturated rings. The van der Waals surface area contributed by atoms with Gasteiger partial charge in [-0.3, -0.25) is 4.79 Å². The predicted molar refractivity (Wildman–Crippen MR) is 87.2 cm³/mol. The molecular formula is C18H28N2O. The SMILES string of the molecule is CN(C)C(CNC(=O)CC1CCCC1)Cc1ccccc1. The molecule has 0 aliphatic heterocycles. The van der Waals surface area contributed by atoms with E-state index in [-0.39, 0.29) is 5.91 Å². The van der Waals surface area contributed by atoms with Crippen molar-refractivity contribution in [3.8, 4) is 0 Å². The lowest BCUT2D eigenvalue weighted by Crippen LogP contribution is -2.41. The highest BCUT2D eigenvalue weighted by atomic mass is 16.1. The molecule has 0 aromatic heterocycles. The van der Waals surface area contributed by atoms with E-state index in [1.54, 1.807) is 0 Å². The van der Waals surface area contributed by atoms with Gasteiger partial charge in [0.2, 0.25) is 5.91 Å². The fraction of sp³-hybridized carbons (Fsp3) is 0.611. The summed E-state index contributed by atoms with van der Waals surface area (Å²) >= 11 is 0. The average molecular weight is 288 g/mol. The molecule has 0 radical (unpaired) electrons. The van der Waals surface area contributed by atoms with E-state index in [0.717, 1.165) is 13.0 Å². The van der Waals surface area contributed by atoms with E-state index >= 15 is 0 Å². The number of hydrogen-bond donors (Lipinski definition) is 1. The van der Waals surface area contributed by atoms with E-state index in [2.05, 4.69) is 48.6 Å². The molecule has 1 aromatic carbocycles. The first-order valence-corrected chi connectivity index (χ1v) is 8.12. The first kappa shape index (κ1) is 16.0. The molecular weight excluding hydrogens is 260 g/mol. The van der Waals surface area contributed by atoms with Gasteiger partial charge in [-0.05, 0) is 44.8 Å². The van der Waals surface area contributed by atoms with Gasteiger partial charge in [0.15, 0.2) is 0 Å². The zero-order valence-electron chi connectivity index (χ0n) is 13.3. The van der Waals surface area contributed by atoms with E-state index in [9.17, 15) is 4.79 Å². The molecule has 1 N–H and O–H groups in total. The largest absolute Gasteiger partial charge is 0.355 e. The first-order chi connectivity index (χ1) is 10.1. The quantitative estimate of drug-likeness (QED) is 0.837. The highest BCUT2D eigenvalue weighted by Gasteiger charge is 2.19. The molecule has 0 bridgehead atoms. The van der Waals surface area contributed by atoms with Crippen molar-refractivity contribution < 1.29 is 4.79 Å². The fourth-order valence-electron chi connectivity index (χ4n) is 3.10. The third-order valence-electron chi connectivity index (χ3n) is 4.53. The van der Waals surface area contributed by atoms with Crippen molar-refractivity contribution in [3.05, 3.63) is 35.9 Å². The maximum absolute atomic E-state index is 12.0. The maximum Gasteiger partial charge on any atom is 0.220 e. The molecule has 0 spiro atoms. The number of amides is 1. The third kappa shape index (κ3) is 5.50. The Labute approximate surface area is 128 Å². The van der Waals surface area contributed by atoms with Crippen molar-refractivity contribution >= 4 is 5.91 Å². The summed E-state index contributed by atoms with van der Waals surface area (Å²) in [6, 6.07) is 10.8. The van der Waals surface area contributed by atoms with Gasteiger partial charge in [-0.15, -0.1) is 0 Å². The van der Waals surface area contributed by atoms with Crippen molar-refractivity contribution in [2.75, 3.05) is 20.6 Å². The number of carbonyl (C=O) groups excluding carboxylic acids is 1. The van der Waals surface area contributed by atoms with Gasteiger partial charge in [0.05, 0.1) is 0 Å². The lowest BCUT2D eigenvalue weighted by molar-refractivity contribution is -0.122. The number of rotatable bonds is 7. The summed E-state index contributed by atoms with van der Waals surface area (Å²) in [5.41, 5.74) is 1.32. The van der Waals surface area contributed by atoms with Crippen molar-refractivity contribution in [1.82, 2.24) is 10.2 Å². The molecule has 0 heterocycles. The minimum absolute atomic E-state index is 0.224. The molecule has 3 heteroatoms. The standard InChI is InChI=1S/C18H28N2O/c1-20(2)17(12-15-8-4-3-5-9-15)14-19-18(21)13-16-10-6-7-11-16/h3-5,8-9,16-17H,6-7,10-14H2,1-2H3,(H,19,21). The van der Waals surface area contributed by atoms with Crippen molar-refractivity contribution in [1.29, 1.82) is 0 Å². The summed E-state index contributed by atoms with van der Waals surface area (Å²) in [6.07, 6.45) is 6.74. The zero-order chi connectivity index (χ0) is 15.1. The topological polar surface area (TPSA) is 32.3 Å². The lowest BCUT2D eigenvalue weighted by atomic mass is 10.0. The number of nitrogens with zero attached hydrogens (tertiary/aromatic N) is 1. The summed E-state index contributed by atoms with van der Waals surface area (Å²) in [7, 11) is 4.16. The Morgan fingerprint density at radius 1 is 1.24 bits per heavy atom. The number of benzene rings is 1. The van der Waals surface area contributed by atoms with Crippen LogP contribution < -0.4 is 5.32 Å². The first-order valence-electron chi connectivity index (χ1n) is 8.12. The average Bonchev–Trinajstić information content (AvgIpc) is 2.97. The Kier molecular flexibility index (Phi) is 6.24. The Balaban J connectivity index is 1.78. The fourth-order valence-corrected chi connectivity index (χ4v) is 3.10. The molecule has 116 valence electrons. The molecule has 1 atom stereocenters. The van der Waals surface area contributed by atoms with Crippen LogP contribution in [0.4, 0.5) is 0 Å². The molecule has 1 saturated carbocycles. The number of likely N-dealkylation sites (N-methyl/N-ethyl adjacent to an activating group) is 1. The van der Waals surface area contributed by atoms with Gasteiger partial charge in [0.1, 0.15) is 0 Å². The predicted octanol–water partition coefficient (Wildman–Crippen LogP) is 2.86. The normalized spacial score (nSPS) is 17.1. The van der Waals surface area contributed by atoms with Crippen molar-refractivity contribution in [2.24, 2.45) is 5.92 Å².